The molecule has 1 unspecified atom stereocenters. The van der Waals surface area contributed by atoms with Crippen LogP contribution in [0.2, 0.25) is 0 Å². The van der Waals surface area contributed by atoms with Gasteiger partial charge < -0.3 is 0 Å². The predicted molar refractivity (Wildman–Crippen MR) is 69.8 cm³/mol. The van der Waals surface area contributed by atoms with E-state index in [-0.39, 0.29) is 0 Å². The van der Waals surface area contributed by atoms with Gasteiger partial charge in [0.2, 0.25) is 0 Å². The van der Waals surface area contributed by atoms with Crippen molar-refractivity contribution in [1.29, 1.82) is 0 Å². The third kappa shape index (κ3) is 4.97. The summed E-state index contributed by atoms with van der Waals surface area (Å²) in [5.74, 6) is 7.65. The van der Waals surface area contributed by atoms with Gasteiger partial charge in [0.25, 0.3) is 0 Å². The number of aromatic nitrogens is 1. The molecular weight excluding hydrogens is 274 g/mol. The van der Waals surface area contributed by atoms with Crippen molar-refractivity contribution in [2.24, 2.45) is 5.84 Å². The summed E-state index contributed by atoms with van der Waals surface area (Å²) in [4.78, 5) is 4.13. The number of pyridine rings is 1. The van der Waals surface area contributed by atoms with Crippen LogP contribution in [0.3, 0.4) is 0 Å². The van der Waals surface area contributed by atoms with Crippen molar-refractivity contribution in [2.75, 3.05) is 11.5 Å². The fraction of sp³-hybridized carbons (Fsp3) is 0.500. The van der Waals surface area contributed by atoms with E-state index in [4.69, 9.17) is 5.84 Å². The Morgan fingerprint density at radius 1 is 1.60 bits per heavy atom. The predicted octanol–water partition coefficient (Wildman–Crippen LogP) is 1.97. The molecule has 0 saturated carbocycles. The minimum atomic E-state index is 0.311. The molecule has 0 saturated heterocycles. The molecule has 3 nitrogen and oxygen atoms in total. The summed E-state index contributed by atoms with van der Waals surface area (Å²) < 4.78 is 1.01. The largest absolute Gasteiger partial charge is 0.271 e. The van der Waals surface area contributed by atoms with Gasteiger partial charge in [0.05, 0.1) is 0 Å². The molecule has 0 fully saturated rings. The second kappa shape index (κ2) is 7.22. The highest BCUT2D eigenvalue weighted by molar-refractivity contribution is 9.10. The lowest BCUT2D eigenvalue weighted by molar-refractivity contribution is 0.574. The molecule has 0 aromatic carbocycles. The second-order valence-electron chi connectivity index (χ2n) is 3.24. The number of thioether (sulfide) groups is 1. The molecule has 1 aromatic rings. The Morgan fingerprint density at radius 2 is 2.40 bits per heavy atom. The normalized spacial score (nSPS) is 12.7. The Hall–Kier alpha value is -0.100. The number of hydrazine groups is 1. The van der Waals surface area contributed by atoms with Gasteiger partial charge in [-0.25, -0.2) is 0 Å². The molecule has 1 atom stereocenters. The molecular formula is C10H16BrN3S. The van der Waals surface area contributed by atoms with Crippen LogP contribution in [0.1, 0.15) is 12.5 Å². The minimum Gasteiger partial charge on any atom is -0.271 e. The molecule has 1 aromatic heterocycles. The van der Waals surface area contributed by atoms with Crippen molar-refractivity contribution < 1.29 is 0 Å². The summed E-state index contributed by atoms with van der Waals surface area (Å²) in [6, 6.07) is 2.39. The molecule has 3 N–H and O–H groups in total. The zero-order valence-electron chi connectivity index (χ0n) is 8.74. The van der Waals surface area contributed by atoms with Crippen LogP contribution in [0.25, 0.3) is 0 Å². The quantitative estimate of drug-likeness (QED) is 0.621. The highest BCUT2D eigenvalue weighted by Gasteiger charge is 2.07. The van der Waals surface area contributed by atoms with Crippen LogP contribution in [-0.2, 0) is 6.42 Å². The number of halogens is 1. The van der Waals surface area contributed by atoms with Gasteiger partial charge >= 0.3 is 0 Å². The summed E-state index contributed by atoms with van der Waals surface area (Å²) in [6.07, 6.45) is 4.58. The first-order valence-corrected chi connectivity index (χ1v) is 6.84. The third-order valence-corrected chi connectivity index (χ3v) is 3.48. The average Bonchev–Trinajstić information content (AvgIpc) is 2.24. The van der Waals surface area contributed by atoms with Gasteiger partial charge in [-0.05, 0) is 39.7 Å². The lowest BCUT2D eigenvalue weighted by atomic mass is 10.1. The SMILES string of the molecule is CCSCC(Cc1cncc(Br)c1)NN. The lowest BCUT2D eigenvalue weighted by Gasteiger charge is -2.14. The molecule has 0 aliphatic heterocycles. The number of nitrogens with zero attached hydrogens (tertiary/aromatic N) is 1. The summed E-state index contributed by atoms with van der Waals surface area (Å²) >= 11 is 5.30. The molecule has 0 bridgehead atoms. The number of nitrogens with one attached hydrogen (secondary N) is 1. The Morgan fingerprint density at radius 3 is 3.00 bits per heavy atom. The van der Waals surface area contributed by atoms with Gasteiger partial charge in [-0.1, -0.05) is 6.92 Å². The molecule has 0 spiro atoms. The van der Waals surface area contributed by atoms with Gasteiger partial charge in [0.1, 0.15) is 0 Å². The van der Waals surface area contributed by atoms with E-state index in [1.54, 1.807) is 6.20 Å². The summed E-state index contributed by atoms with van der Waals surface area (Å²) in [6.45, 7) is 2.15. The zero-order chi connectivity index (χ0) is 11.1. The first-order valence-electron chi connectivity index (χ1n) is 4.89. The average molecular weight is 290 g/mol. The Bertz CT molecular complexity index is 296. The molecule has 5 heteroatoms. The summed E-state index contributed by atoms with van der Waals surface area (Å²) in [5.41, 5.74) is 4.04. The molecule has 15 heavy (non-hydrogen) atoms. The van der Waals surface area contributed by atoms with Crippen molar-refractivity contribution in [3.8, 4) is 0 Å². The van der Waals surface area contributed by atoms with Crippen LogP contribution in [-0.4, -0.2) is 22.5 Å². The number of nitrogens with two attached hydrogens (primary N) is 1. The van der Waals surface area contributed by atoms with E-state index < -0.39 is 0 Å². The van der Waals surface area contributed by atoms with Gasteiger partial charge in [-0.2, -0.15) is 11.8 Å². The van der Waals surface area contributed by atoms with Gasteiger partial charge in [0.15, 0.2) is 0 Å². The molecule has 0 amide bonds. The van der Waals surface area contributed by atoms with Crippen molar-refractivity contribution in [2.45, 2.75) is 19.4 Å². The van der Waals surface area contributed by atoms with Crippen LogP contribution in [0.5, 0.6) is 0 Å². The van der Waals surface area contributed by atoms with E-state index in [2.05, 4.69) is 39.3 Å². The number of rotatable bonds is 6. The van der Waals surface area contributed by atoms with Crippen molar-refractivity contribution in [3.05, 3.63) is 28.5 Å². The van der Waals surface area contributed by atoms with E-state index in [1.807, 2.05) is 18.0 Å². The Labute approximate surface area is 103 Å². The Kier molecular flexibility index (Phi) is 6.24. The molecule has 0 radical (unpaired) electrons. The molecule has 0 aliphatic rings. The molecule has 1 heterocycles. The minimum absolute atomic E-state index is 0.311. The van der Waals surface area contributed by atoms with Gasteiger partial charge in [0, 0.05) is 28.7 Å². The molecule has 84 valence electrons. The topological polar surface area (TPSA) is 50.9 Å². The van der Waals surface area contributed by atoms with Crippen molar-refractivity contribution in [3.63, 3.8) is 0 Å². The first-order chi connectivity index (χ1) is 7.26. The monoisotopic (exact) mass is 289 g/mol. The Balaban J connectivity index is 2.50. The molecule has 0 aliphatic carbocycles. The fourth-order valence-electron chi connectivity index (χ4n) is 1.28. The second-order valence-corrected chi connectivity index (χ2v) is 5.47. The zero-order valence-corrected chi connectivity index (χ0v) is 11.1. The third-order valence-electron chi connectivity index (χ3n) is 2.00. The standard InChI is InChI=1S/C10H16BrN3S/c1-2-15-7-10(14-12)4-8-3-9(11)6-13-5-8/h3,5-6,10,14H,2,4,7,12H2,1H3. The first kappa shape index (κ1) is 13.0. The maximum absolute atomic E-state index is 5.50. The van der Waals surface area contributed by atoms with Crippen molar-refractivity contribution >= 4 is 27.7 Å². The van der Waals surface area contributed by atoms with Crippen LogP contribution in [0.15, 0.2) is 22.9 Å². The maximum atomic E-state index is 5.50. The van der Waals surface area contributed by atoms with Crippen LogP contribution in [0.4, 0.5) is 0 Å². The molecule has 1 rings (SSSR count). The smallest absolute Gasteiger partial charge is 0.0410 e. The summed E-state index contributed by atoms with van der Waals surface area (Å²) in [5, 5.41) is 0. The van der Waals surface area contributed by atoms with E-state index >= 15 is 0 Å². The highest BCUT2D eigenvalue weighted by Crippen LogP contribution is 2.12. The van der Waals surface area contributed by atoms with Crippen LogP contribution < -0.4 is 11.3 Å². The van der Waals surface area contributed by atoms with Crippen LogP contribution >= 0.6 is 27.7 Å². The fourth-order valence-corrected chi connectivity index (χ4v) is 2.42. The van der Waals surface area contributed by atoms with Gasteiger partial charge in [-0.15, -0.1) is 0 Å². The number of hydrogen-bond acceptors (Lipinski definition) is 4. The van der Waals surface area contributed by atoms with E-state index in [0.717, 1.165) is 22.4 Å². The van der Waals surface area contributed by atoms with Crippen LogP contribution in [0, 0.1) is 0 Å². The van der Waals surface area contributed by atoms with Gasteiger partial charge in [-0.3, -0.25) is 16.3 Å². The van der Waals surface area contributed by atoms with E-state index in [0.29, 0.717) is 6.04 Å². The van der Waals surface area contributed by atoms with E-state index in [1.165, 1.54) is 5.56 Å². The maximum Gasteiger partial charge on any atom is 0.0410 e. The summed E-state index contributed by atoms with van der Waals surface area (Å²) in [7, 11) is 0. The van der Waals surface area contributed by atoms with E-state index in [9.17, 15) is 0 Å². The number of hydrogen-bond donors (Lipinski definition) is 2. The lowest BCUT2D eigenvalue weighted by Crippen LogP contribution is -2.38. The van der Waals surface area contributed by atoms with Crippen molar-refractivity contribution in [1.82, 2.24) is 10.4 Å². The highest BCUT2D eigenvalue weighted by atomic mass is 79.9.